The predicted octanol–water partition coefficient (Wildman–Crippen LogP) is 9.21. The number of allylic oxidation sites excluding steroid dienone is 1. The molecule has 4 aliphatic carbocycles. The van der Waals surface area contributed by atoms with Crippen molar-refractivity contribution >= 4 is 6.16 Å². The van der Waals surface area contributed by atoms with Crippen molar-refractivity contribution < 1.29 is 14.3 Å². The van der Waals surface area contributed by atoms with Gasteiger partial charge in [-0.2, -0.15) is 0 Å². The van der Waals surface area contributed by atoms with E-state index in [1.54, 1.807) is 5.57 Å². The quantitative estimate of drug-likeness (QED) is 0.253. The maximum atomic E-state index is 12.2. The summed E-state index contributed by atoms with van der Waals surface area (Å²) < 4.78 is 11.0. The SMILES string of the molecule is CC(C)CCC[C@@H](C)[C@H]1CC[C@H]2[C@@H]3CC=C4C[C@@H](OC(=O)OCC(C)C)CC[C@@]4(C)[C@H]3CC[C@@]12C. The van der Waals surface area contributed by atoms with Crippen LogP contribution in [0.25, 0.3) is 0 Å². The van der Waals surface area contributed by atoms with E-state index < -0.39 is 6.16 Å². The fraction of sp³-hybridized carbons (Fsp3) is 0.906. The zero-order valence-corrected chi connectivity index (χ0v) is 23.9. The van der Waals surface area contributed by atoms with Crippen molar-refractivity contribution in [2.75, 3.05) is 6.61 Å². The third kappa shape index (κ3) is 5.49. The largest absolute Gasteiger partial charge is 0.508 e. The third-order valence-corrected chi connectivity index (χ3v) is 11.1. The molecule has 0 aromatic rings. The first kappa shape index (κ1) is 27.1. The van der Waals surface area contributed by atoms with Crippen LogP contribution in [-0.2, 0) is 9.47 Å². The molecule has 3 fully saturated rings. The molecular formula is C32H54O3. The van der Waals surface area contributed by atoms with Crippen molar-refractivity contribution in [1.29, 1.82) is 0 Å². The molecule has 0 aliphatic heterocycles. The summed E-state index contributed by atoms with van der Waals surface area (Å²) in [5.74, 6) is 5.51. The smallest absolute Gasteiger partial charge is 0.434 e. The van der Waals surface area contributed by atoms with Gasteiger partial charge in [0.2, 0.25) is 0 Å². The first-order valence-corrected chi connectivity index (χ1v) is 15.1. The Hall–Kier alpha value is -0.990. The lowest BCUT2D eigenvalue weighted by molar-refractivity contribution is -0.0620. The van der Waals surface area contributed by atoms with Gasteiger partial charge in [-0.3, -0.25) is 0 Å². The van der Waals surface area contributed by atoms with E-state index in [-0.39, 0.29) is 6.10 Å². The van der Waals surface area contributed by atoms with Crippen molar-refractivity contribution in [3.63, 3.8) is 0 Å². The second-order valence-electron chi connectivity index (χ2n) is 14.2. The number of fused-ring (bicyclic) bond motifs is 5. The molecule has 0 amide bonds. The van der Waals surface area contributed by atoms with Crippen molar-refractivity contribution in [2.24, 2.45) is 52.3 Å². The Kier molecular flexibility index (Phi) is 8.33. The summed E-state index contributed by atoms with van der Waals surface area (Å²) in [5.41, 5.74) is 2.42. The molecule has 35 heavy (non-hydrogen) atoms. The monoisotopic (exact) mass is 486 g/mol. The third-order valence-electron chi connectivity index (χ3n) is 11.1. The van der Waals surface area contributed by atoms with Crippen LogP contribution >= 0.6 is 0 Å². The van der Waals surface area contributed by atoms with E-state index in [0.717, 1.165) is 54.8 Å². The minimum atomic E-state index is -0.477. The Morgan fingerprint density at radius 3 is 2.46 bits per heavy atom. The molecule has 4 aliphatic rings. The van der Waals surface area contributed by atoms with Crippen LogP contribution < -0.4 is 0 Å². The number of carbonyl (C=O) groups is 1. The maximum Gasteiger partial charge on any atom is 0.508 e. The Morgan fingerprint density at radius 1 is 0.971 bits per heavy atom. The highest BCUT2D eigenvalue weighted by molar-refractivity contribution is 5.60. The molecule has 0 radical (unpaired) electrons. The lowest BCUT2D eigenvalue weighted by Crippen LogP contribution is -2.51. The lowest BCUT2D eigenvalue weighted by atomic mass is 9.47. The molecule has 0 saturated heterocycles. The van der Waals surface area contributed by atoms with E-state index in [0.29, 0.717) is 23.4 Å². The Balaban J connectivity index is 1.40. The van der Waals surface area contributed by atoms with Gasteiger partial charge in [-0.05, 0) is 97.2 Å². The summed E-state index contributed by atoms with van der Waals surface area (Å²) in [4.78, 5) is 12.2. The average molecular weight is 487 g/mol. The van der Waals surface area contributed by atoms with Crippen LogP contribution in [0.3, 0.4) is 0 Å². The molecule has 0 aromatic heterocycles. The highest BCUT2D eigenvalue weighted by atomic mass is 16.7. The number of carbonyl (C=O) groups excluding carboxylic acids is 1. The van der Waals surface area contributed by atoms with Crippen molar-refractivity contribution in [2.45, 2.75) is 125 Å². The summed E-state index contributed by atoms with van der Waals surface area (Å²) in [6.45, 7) is 17.1. The molecule has 3 heteroatoms. The highest BCUT2D eigenvalue weighted by Crippen LogP contribution is 2.67. The van der Waals surface area contributed by atoms with E-state index in [1.165, 1.54) is 51.4 Å². The van der Waals surface area contributed by atoms with Gasteiger partial charge < -0.3 is 9.47 Å². The molecule has 3 saturated carbocycles. The van der Waals surface area contributed by atoms with Crippen LogP contribution in [0.5, 0.6) is 0 Å². The lowest BCUT2D eigenvalue weighted by Gasteiger charge is -2.58. The molecule has 200 valence electrons. The molecule has 0 heterocycles. The minimum absolute atomic E-state index is 0.0121. The Labute approximate surface area is 216 Å². The molecule has 8 atom stereocenters. The maximum absolute atomic E-state index is 12.2. The number of rotatable bonds is 8. The summed E-state index contributed by atoms with van der Waals surface area (Å²) in [6, 6.07) is 0. The Bertz CT molecular complexity index is 769. The number of hydrogen-bond donors (Lipinski definition) is 0. The molecule has 0 aromatic carbocycles. The van der Waals surface area contributed by atoms with Gasteiger partial charge in [0.05, 0.1) is 6.61 Å². The standard InChI is InChI=1S/C32H54O3/c1-21(2)9-8-10-23(5)27-13-14-28-26-12-11-24-19-25(35-30(33)34-20-22(3)4)15-17-31(24,6)29(26)16-18-32(27,28)7/h11,21-23,25-29H,8-10,12-20H2,1-7H3/t23-,25+,26+,27-,28+,29+,31-,32+/m1/s1. The second-order valence-corrected chi connectivity index (χ2v) is 14.2. The summed E-state index contributed by atoms with van der Waals surface area (Å²) >= 11 is 0. The van der Waals surface area contributed by atoms with Gasteiger partial charge in [-0.1, -0.05) is 79.4 Å². The van der Waals surface area contributed by atoms with Gasteiger partial charge >= 0.3 is 6.16 Å². The summed E-state index contributed by atoms with van der Waals surface area (Å²) in [6.07, 6.45) is 16.3. The van der Waals surface area contributed by atoms with Crippen LogP contribution in [0.1, 0.15) is 119 Å². The van der Waals surface area contributed by atoms with Gasteiger partial charge in [-0.25, -0.2) is 4.79 Å². The molecule has 0 bridgehead atoms. The van der Waals surface area contributed by atoms with Crippen LogP contribution in [0.15, 0.2) is 11.6 Å². The normalized spacial score (nSPS) is 39.5. The van der Waals surface area contributed by atoms with E-state index in [2.05, 4.69) is 54.5 Å². The molecule has 3 nitrogen and oxygen atoms in total. The summed E-state index contributed by atoms with van der Waals surface area (Å²) in [7, 11) is 0. The second kappa shape index (κ2) is 10.8. The molecule has 4 rings (SSSR count). The number of ether oxygens (including phenoxy) is 2. The van der Waals surface area contributed by atoms with Crippen LogP contribution in [0, 0.1) is 52.3 Å². The van der Waals surface area contributed by atoms with Gasteiger partial charge in [0.25, 0.3) is 0 Å². The van der Waals surface area contributed by atoms with E-state index in [1.807, 2.05) is 0 Å². The van der Waals surface area contributed by atoms with Crippen molar-refractivity contribution in [3.05, 3.63) is 11.6 Å². The Morgan fingerprint density at radius 2 is 1.74 bits per heavy atom. The first-order chi connectivity index (χ1) is 16.5. The van der Waals surface area contributed by atoms with Gasteiger partial charge in [0, 0.05) is 6.42 Å². The van der Waals surface area contributed by atoms with Crippen molar-refractivity contribution in [1.82, 2.24) is 0 Å². The fourth-order valence-corrected chi connectivity index (χ4v) is 9.16. The molecular weight excluding hydrogens is 432 g/mol. The number of hydrogen-bond acceptors (Lipinski definition) is 3. The summed E-state index contributed by atoms with van der Waals surface area (Å²) in [5, 5.41) is 0. The average Bonchev–Trinajstić information content (AvgIpc) is 3.15. The van der Waals surface area contributed by atoms with Crippen LogP contribution in [0.2, 0.25) is 0 Å². The zero-order valence-electron chi connectivity index (χ0n) is 23.9. The van der Waals surface area contributed by atoms with Gasteiger partial charge in [0.15, 0.2) is 0 Å². The van der Waals surface area contributed by atoms with E-state index in [9.17, 15) is 4.79 Å². The predicted molar refractivity (Wildman–Crippen MR) is 144 cm³/mol. The van der Waals surface area contributed by atoms with Crippen LogP contribution in [0.4, 0.5) is 4.79 Å². The van der Waals surface area contributed by atoms with E-state index in [4.69, 9.17) is 9.47 Å². The molecule has 0 spiro atoms. The van der Waals surface area contributed by atoms with Gasteiger partial charge in [-0.15, -0.1) is 0 Å². The minimum Gasteiger partial charge on any atom is -0.434 e. The van der Waals surface area contributed by atoms with E-state index >= 15 is 0 Å². The topological polar surface area (TPSA) is 35.5 Å². The molecule has 0 N–H and O–H groups in total. The zero-order chi connectivity index (χ0) is 25.4. The van der Waals surface area contributed by atoms with Crippen LogP contribution in [-0.4, -0.2) is 18.9 Å². The highest BCUT2D eigenvalue weighted by Gasteiger charge is 2.59. The fourth-order valence-electron chi connectivity index (χ4n) is 9.16. The van der Waals surface area contributed by atoms with Gasteiger partial charge in [0.1, 0.15) is 6.10 Å². The molecule has 0 unspecified atom stereocenters. The van der Waals surface area contributed by atoms with Crippen molar-refractivity contribution in [3.8, 4) is 0 Å². The first-order valence-electron chi connectivity index (χ1n) is 15.1.